The minimum Gasteiger partial charge on any atom is -0.493 e. The molecule has 0 bridgehead atoms. The third-order valence-corrected chi connectivity index (χ3v) is 3.26. The van der Waals surface area contributed by atoms with Gasteiger partial charge in [-0.1, -0.05) is 53.7 Å². The summed E-state index contributed by atoms with van der Waals surface area (Å²) in [6, 6.07) is 6.30. The molecule has 1 aromatic rings. The van der Waals surface area contributed by atoms with Gasteiger partial charge in [-0.2, -0.15) is 0 Å². The van der Waals surface area contributed by atoms with E-state index in [4.69, 9.17) is 10.5 Å². The van der Waals surface area contributed by atoms with Gasteiger partial charge in [0.15, 0.2) is 0 Å². The van der Waals surface area contributed by atoms with Crippen molar-refractivity contribution in [3.63, 3.8) is 0 Å². The molecule has 20 heavy (non-hydrogen) atoms. The average Bonchev–Trinajstić information content (AvgIpc) is 2.25. The van der Waals surface area contributed by atoms with Crippen LogP contribution in [-0.2, 0) is 15.6 Å². The molecule has 0 unspecified atom stereocenters. The molecular weight excluding hydrogens is 250 g/mol. The summed E-state index contributed by atoms with van der Waals surface area (Å²) in [5, 5.41) is 0. The van der Waals surface area contributed by atoms with Crippen LogP contribution in [0.3, 0.4) is 0 Å². The van der Waals surface area contributed by atoms with Crippen LogP contribution < -0.4 is 10.5 Å². The predicted molar refractivity (Wildman–Crippen MR) is 83.1 cm³/mol. The molecule has 0 atom stereocenters. The lowest BCUT2D eigenvalue weighted by atomic mass is 9.80. The Balaban J connectivity index is 3.08. The minimum atomic E-state index is -0.339. The number of rotatable bonds is 4. The van der Waals surface area contributed by atoms with Gasteiger partial charge in [0.1, 0.15) is 5.75 Å². The molecule has 0 saturated heterocycles. The topological polar surface area (TPSA) is 52.3 Å². The number of carbonyl (C=O) groups is 1. The molecule has 0 radical (unpaired) electrons. The van der Waals surface area contributed by atoms with Crippen molar-refractivity contribution in [1.29, 1.82) is 0 Å². The zero-order valence-electron chi connectivity index (χ0n) is 13.5. The molecule has 0 saturated carbocycles. The first kappa shape index (κ1) is 16.5. The van der Waals surface area contributed by atoms with E-state index < -0.39 is 0 Å². The first-order valence-corrected chi connectivity index (χ1v) is 7.08. The van der Waals surface area contributed by atoms with Crippen molar-refractivity contribution in [2.24, 2.45) is 5.73 Å². The van der Waals surface area contributed by atoms with Gasteiger partial charge >= 0.3 is 0 Å². The summed E-state index contributed by atoms with van der Waals surface area (Å²) in [5.41, 5.74) is 7.68. The lowest BCUT2D eigenvalue weighted by Gasteiger charge is -2.27. The number of benzene rings is 1. The first-order chi connectivity index (χ1) is 9.01. The van der Waals surface area contributed by atoms with Gasteiger partial charge in [-0.25, -0.2) is 0 Å². The molecule has 0 fully saturated rings. The number of nitrogens with two attached hydrogens (primary N) is 1. The highest BCUT2D eigenvalue weighted by atomic mass is 16.5. The van der Waals surface area contributed by atoms with E-state index in [1.54, 1.807) is 0 Å². The van der Waals surface area contributed by atoms with Crippen molar-refractivity contribution in [1.82, 2.24) is 0 Å². The van der Waals surface area contributed by atoms with Crippen molar-refractivity contribution in [2.75, 3.05) is 6.61 Å². The smallest absolute Gasteiger partial charge is 0.220 e. The molecule has 0 aliphatic rings. The fourth-order valence-corrected chi connectivity index (χ4v) is 1.97. The minimum absolute atomic E-state index is 0.0106. The summed E-state index contributed by atoms with van der Waals surface area (Å²) >= 11 is 0. The second-order valence-corrected chi connectivity index (χ2v) is 7.28. The molecule has 1 amide bonds. The van der Waals surface area contributed by atoms with E-state index in [0.29, 0.717) is 6.61 Å². The quantitative estimate of drug-likeness (QED) is 0.915. The molecule has 0 aliphatic carbocycles. The molecule has 1 aromatic carbocycles. The van der Waals surface area contributed by atoms with Gasteiger partial charge in [-0.3, -0.25) is 4.79 Å². The number of primary amides is 1. The molecule has 112 valence electrons. The summed E-state index contributed by atoms with van der Waals surface area (Å²) < 4.78 is 5.74. The summed E-state index contributed by atoms with van der Waals surface area (Å²) in [4.78, 5) is 10.8. The van der Waals surface area contributed by atoms with Crippen LogP contribution in [0.25, 0.3) is 0 Å². The van der Waals surface area contributed by atoms with Crippen molar-refractivity contribution in [3.05, 3.63) is 29.3 Å². The van der Waals surface area contributed by atoms with Gasteiger partial charge in [-0.05, 0) is 28.0 Å². The largest absolute Gasteiger partial charge is 0.493 e. The van der Waals surface area contributed by atoms with Gasteiger partial charge in [0.25, 0.3) is 0 Å². The molecular formula is C17H27NO2. The molecule has 1 rings (SSSR count). The number of amides is 1. The number of hydrogen-bond donors (Lipinski definition) is 1. The van der Waals surface area contributed by atoms with Gasteiger partial charge in [0, 0.05) is 0 Å². The van der Waals surface area contributed by atoms with Crippen LogP contribution in [0.1, 0.15) is 59.1 Å². The standard InChI is InChI=1S/C17H27NO2/c1-16(2,3)12-7-8-14(20-10-9-15(18)19)13(11-12)17(4,5)6/h7-8,11H,9-10H2,1-6H3,(H2,18,19). The monoisotopic (exact) mass is 277 g/mol. The summed E-state index contributed by atoms with van der Waals surface area (Å²) in [7, 11) is 0. The second kappa shape index (κ2) is 5.86. The Bertz CT molecular complexity index is 479. The Labute approximate surface area is 122 Å². The van der Waals surface area contributed by atoms with Crippen LogP contribution in [0.4, 0.5) is 0 Å². The average molecular weight is 277 g/mol. The Kier molecular flexibility index (Phi) is 4.85. The van der Waals surface area contributed by atoms with E-state index in [9.17, 15) is 4.79 Å². The van der Waals surface area contributed by atoms with Crippen LogP contribution in [0.5, 0.6) is 5.75 Å². The Morgan fingerprint density at radius 2 is 1.70 bits per heavy atom. The summed E-state index contributed by atoms with van der Waals surface area (Å²) in [6.07, 6.45) is 0.241. The van der Waals surface area contributed by atoms with Crippen LogP contribution in [0, 0.1) is 0 Å². The maximum atomic E-state index is 10.8. The van der Waals surface area contributed by atoms with Crippen LogP contribution in [-0.4, -0.2) is 12.5 Å². The lowest BCUT2D eigenvalue weighted by Crippen LogP contribution is -2.19. The normalized spacial score (nSPS) is 12.3. The third-order valence-electron chi connectivity index (χ3n) is 3.26. The maximum absolute atomic E-state index is 10.8. The van der Waals surface area contributed by atoms with Crippen molar-refractivity contribution < 1.29 is 9.53 Å². The van der Waals surface area contributed by atoms with E-state index in [2.05, 4.69) is 53.7 Å². The highest BCUT2D eigenvalue weighted by molar-refractivity contribution is 5.73. The molecule has 0 heterocycles. The summed E-state index contributed by atoms with van der Waals surface area (Å²) in [6.45, 7) is 13.4. The van der Waals surface area contributed by atoms with Gasteiger partial charge < -0.3 is 10.5 Å². The molecule has 2 N–H and O–H groups in total. The van der Waals surface area contributed by atoms with E-state index in [0.717, 1.165) is 11.3 Å². The second-order valence-electron chi connectivity index (χ2n) is 7.28. The van der Waals surface area contributed by atoms with E-state index in [-0.39, 0.29) is 23.2 Å². The fourth-order valence-electron chi connectivity index (χ4n) is 1.97. The van der Waals surface area contributed by atoms with Gasteiger partial charge in [0.05, 0.1) is 13.0 Å². The highest BCUT2D eigenvalue weighted by Gasteiger charge is 2.23. The Hall–Kier alpha value is -1.51. The number of ether oxygens (including phenoxy) is 1. The van der Waals surface area contributed by atoms with Crippen LogP contribution >= 0.6 is 0 Å². The van der Waals surface area contributed by atoms with E-state index in [1.807, 2.05) is 6.07 Å². The van der Waals surface area contributed by atoms with E-state index >= 15 is 0 Å². The summed E-state index contributed by atoms with van der Waals surface area (Å²) in [5.74, 6) is 0.500. The van der Waals surface area contributed by atoms with E-state index in [1.165, 1.54) is 5.56 Å². The molecule has 3 heteroatoms. The number of hydrogen-bond acceptors (Lipinski definition) is 2. The van der Waals surface area contributed by atoms with Gasteiger partial charge in [-0.15, -0.1) is 0 Å². The van der Waals surface area contributed by atoms with Crippen molar-refractivity contribution in [2.45, 2.75) is 58.8 Å². The zero-order chi connectivity index (χ0) is 15.6. The highest BCUT2D eigenvalue weighted by Crippen LogP contribution is 2.35. The van der Waals surface area contributed by atoms with Crippen LogP contribution in [0.2, 0.25) is 0 Å². The molecule has 0 aromatic heterocycles. The molecule has 3 nitrogen and oxygen atoms in total. The van der Waals surface area contributed by atoms with Crippen molar-refractivity contribution in [3.8, 4) is 5.75 Å². The fraction of sp³-hybridized carbons (Fsp3) is 0.588. The molecule has 0 aliphatic heterocycles. The third kappa shape index (κ3) is 4.55. The molecule has 0 spiro atoms. The van der Waals surface area contributed by atoms with Crippen LogP contribution in [0.15, 0.2) is 18.2 Å². The first-order valence-electron chi connectivity index (χ1n) is 7.08. The zero-order valence-corrected chi connectivity index (χ0v) is 13.5. The Morgan fingerprint density at radius 1 is 1.10 bits per heavy atom. The lowest BCUT2D eigenvalue weighted by molar-refractivity contribution is -0.118. The van der Waals surface area contributed by atoms with Gasteiger partial charge in [0.2, 0.25) is 5.91 Å². The number of carbonyl (C=O) groups excluding carboxylic acids is 1. The SMILES string of the molecule is CC(C)(C)c1ccc(OCCC(N)=O)c(C(C)(C)C)c1. The Morgan fingerprint density at radius 3 is 2.15 bits per heavy atom. The predicted octanol–water partition coefficient (Wildman–Crippen LogP) is 3.54. The van der Waals surface area contributed by atoms with Crippen molar-refractivity contribution >= 4 is 5.91 Å². The maximum Gasteiger partial charge on any atom is 0.220 e.